The average molecular weight is 317 g/mol. The van der Waals surface area contributed by atoms with E-state index in [0.717, 1.165) is 11.3 Å². The Balaban J connectivity index is 1.79. The van der Waals surface area contributed by atoms with Gasteiger partial charge in [-0.3, -0.25) is 0 Å². The van der Waals surface area contributed by atoms with Gasteiger partial charge in [0.1, 0.15) is 18.7 Å². The van der Waals surface area contributed by atoms with Crippen molar-refractivity contribution in [3.05, 3.63) is 42.0 Å². The Hall–Kier alpha value is -2.57. The molecule has 2 amide bonds. The van der Waals surface area contributed by atoms with Gasteiger partial charge < -0.3 is 19.5 Å². The van der Waals surface area contributed by atoms with Gasteiger partial charge in [0.15, 0.2) is 5.82 Å². The van der Waals surface area contributed by atoms with E-state index in [0.29, 0.717) is 19.0 Å². The van der Waals surface area contributed by atoms with E-state index >= 15 is 0 Å². The third-order valence-corrected chi connectivity index (χ3v) is 3.60. The maximum Gasteiger partial charge on any atom is 0.317 e. The summed E-state index contributed by atoms with van der Waals surface area (Å²) < 4.78 is 7.49. The Morgan fingerprint density at radius 3 is 2.83 bits per heavy atom. The van der Waals surface area contributed by atoms with Crippen molar-refractivity contribution in [2.24, 2.45) is 7.05 Å². The van der Waals surface area contributed by atoms with E-state index in [1.165, 1.54) is 0 Å². The molecule has 0 saturated carbocycles. The number of ether oxygens (including phenoxy) is 1. The van der Waals surface area contributed by atoms with Crippen molar-refractivity contribution in [3.8, 4) is 5.75 Å². The molecule has 1 atom stereocenters. The van der Waals surface area contributed by atoms with Crippen LogP contribution in [0, 0.1) is 6.92 Å². The summed E-state index contributed by atoms with van der Waals surface area (Å²) in [4.78, 5) is 13.8. The average Bonchev–Trinajstić information content (AvgIpc) is 2.95. The van der Waals surface area contributed by atoms with Crippen LogP contribution in [-0.4, -0.2) is 45.9 Å². The minimum atomic E-state index is -0.213. The first-order valence-corrected chi connectivity index (χ1v) is 7.53. The molecule has 1 heterocycles. The molecule has 1 aromatic heterocycles. The Morgan fingerprint density at radius 1 is 1.43 bits per heavy atom. The van der Waals surface area contributed by atoms with Crippen molar-refractivity contribution in [2.45, 2.75) is 19.9 Å². The second-order valence-corrected chi connectivity index (χ2v) is 5.51. The number of para-hydroxylation sites is 1. The number of aryl methyl sites for hydroxylation is 2. The number of benzene rings is 1. The molecule has 0 radical (unpaired) electrons. The predicted molar refractivity (Wildman–Crippen MR) is 87.3 cm³/mol. The van der Waals surface area contributed by atoms with Crippen LogP contribution in [0.3, 0.4) is 0 Å². The van der Waals surface area contributed by atoms with Gasteiger partial charge in [-0.1, -0.05) is 18.2 Å². The van der Waals surface area contributed by atoms with Crippen LogP contribution in [0.1, 0.15) is 24.4 Å². The first-order chi connectivity index (χ1) is 11.0. The minimum absolute atomic E-state index is 0.172. The van der Waals surface area contributed by atoms with Gasteiger partial charge >= 0.3 is 6.03 Å². The second-order valence-electron chi connectivity index (χ2n) is 5.51. The quantitative estimate of drug-likeness (QED) is 0.883. The Bertz CT molecular complexity index is 655. The summed E-state index contributed by atoms with van der Waals surface area (Å²) in [5, 5.41) is 10.7. The molecule has 0 aliphatic carbocycles. The van der Waals surface area contributed by atoms with Gasteiger partial charge in [-0.05, 0) is 25.5 Å². The summed E-state index contributed by atoms with van der Waals surface area (Å²) in [6, 6.07) is 7.43. The minimum Gasteiger partial charge on any atom is -0.491 e. The SMILES string of the molecule is Cc1ccccc1OCCN(C)C(=O)N[C@H](C)c1nncn1C. The highest BCUT2D eigenvalue weighted by Gasteiger charge is 2.16. The zero-order valence-corrected chi connectivity index (χ0v) is 14.0. The van der Waals surface area contributed by atoms with Crippen molar-refractivity contribution >= 4 is 6.03 Å². The number of hydrogen-bond donors (Lipinski definition) is 1. The van der Waals surface area contributed by atoms with E-state index in [2.05, 4.69) is 15.5 Å². The highest BCUT2D eigenvalue weighted by Crippen LogP contribution is 2.15. The number of hydrogen-bond acceptors (Lipinski definition) is 4. The number of likely N-dealkylation sites (N-methyl/N-ethyl adjacent to an activating group) is 1. The molecule has 0 bridgehead atoms. The lowest BCUT2D eigenvalue weighted by Crippen LogP contribution is -2.41. The van der Waals surface area contributed by atoms with Gasteiger partial charge in [0.05, 0.1) is 12.6 Å². The number of aromatic nitrogens is 3. The zero-order chi connectivity index (χ0) is 16.8. The molecule has 0 aliphatic heterocycles. The summed E-state index contributed by atoms with van der Waals surface area (Å²) in [6.45, 7) is 4.80. The standard InChI is InChI=1S/C16H23N5O2/c1-12-7-5-6-8-14(12)23-10-9-20(3)16(22)18-13(2)15-19-17-11-21(15)4/h5-8,11,13H,9-10H2,1-4H3,(H,18,22)/t13-/m1/s1. The molecule has 0 unspecified atom stereocenters. The maximum atomic E-state index is 12.2. The number of carbonyl (C=O) groups is 1. The third-order valence-electron chi connectivity index (χ3n) is 3.60. The predicted octanol–water partition coefficient (Wildman–Crippen LogP) is 1.90. The smallest absolute Gasteiger partial charge is 0.317 e. The lowest BCUT2D eigenvalue weighted by Gasteiger charge is -2.21. The third kappa shape index (κ3) is 4.45. The monoisotopic (exact) mass is 317 g/mol. The first kappa shape index (κ1) is 16.8. The molecule has 0 fully saturated rings. The molecule has 2 rings (SSSR count). The Labute approximate surface area is 136 Å². The van der Waals surface area contributed by atoms with Crippen LogP contribution in [0.25, 0.3) is 0 Å². The van der Waals surface area contributed by atoms with Crippen LogP contribution in [-0.2, 0) is 7.05 Å². The molecule has 23 heavy (non-hydrogen) atoms. The molecule has 1 N–H and O–H groups in total. The van der Waals surface area contributed by atoms with Gasteiger partial charge in [0.2, 0.25) is 0 Å². The van der Waals surface area contributed by atoms with E-state index in [4.69, 9.17) is 4.74 Å². The molecule has 0 spiro atoms. The highest BCUT2D eigenvalue weighted by atomic mass is 16.5. The van der Waals surface area contributed by atoms with Crippen LogP contribution in [0.5, 0.6) is 5.75 Å². The van der Waals surface area contributed by atoms with E-state index in [-0.39, 0.29) is 12.1 Å². The molecule has 1 aromatic carbocycles. The number of rotatable bonds is 6. The van der Waals surface area contributed by atoms with Gasteiger partial charge in [-0.2, -0.15) is 0 Å². The topological polar surface area (TPSA) is 72.3 Å². The van der Waals surface area contributed by atoms with Crippen molar-refractivity contribution < 1.29 is 9.53 Å². The normalized spacial score (nSPS) is 11.8. The zero-order valence-electron chi connectivity index (χ0n) is 14.0. The molecular formula is C16H23N5O2. The molecule has 2 aromatic rings. The molecule has 7 heteroatoms. The van der Waals surface area contributed by atoms with Crippen LogP contribution >= 0.6 is 0 Å². The van der Waals surface area contributed by atoms with Crippen molar-refractivity contribution in [1.82, 2.24) is 25.0 Å². The fourth-order valence-corrected chi connectivity index (χ4v) is 2.16. The van der Waals surface area contributed by atoms with Gasteiger partial charge in [0.25, 0.3) is 0 Å². The molecule has 0 aliphatic rings. The van der Waals surface area contributed by atoms with Crippen molar-refractivity contribution in [3.63, 3.8) is 0 Å². The van der Waals surface area contributed by atoms with Crippen LogP contribution in [0.2, 0.25) is 0 Å². The van der Waals surface area contributed by atoms with Crippen LogP contribution in [0.15, 0.2) is 30.6 Å². The number of amides is 2. The fraction of sp³-hybridized carbons (Fsp3) is 0.438. The fourth-order valence-electron chi connectivity index (χ4n) is 2.16. The summed E-state index contributed by atoms with van der Waals surface area (Å²) in [5.41, 5.74) is 1.08. The summed E-state index contributed by atoms with van der Waals surface area (Å²) in [7, 11) is 3.58. The van der Waals surface area contributed by atoms with Crippen molar-refractivity contribution in [2.75, 3.05) is 20.2 Å². The second kappa shape index (κ2) is 7.62. The summed E-state index contributed by atoms with van der Waals surface area (Å²) >= 11 is 0. The van der Waals surface area contributed by atoms with E-state index in [9.17, 15) is 4.79 Å². The first-order valence-electron chi connectivity index (χ1n) is 7.53. The van der Waals surface area contributed by atoms with Crippen LogP contribution in [0.4, 0.5) is 4.79 Å². The highest BCUT2D eigenvalue weighted by molar-refractivity contribution is 5.74. The molecule has 7 nitrogen and oxygen atoms in total. The number of urea groups is 1. The van der Waals surface area contributed by atoms with Gasteiger partial charge in [0, 0.05) is 14.1 Å². The number of carbonyl (C=O) groups excluding carboxylic acids is 1. The molecule has 0 saturated heterocycles. The van der Waals surface area contributed by atoms with Gasteiger partial charge in [-0.25, -0.2) is 4.79 Å². The van der Waals surface area contributed by atoms with E-state index in [1.807, 2.05) is 45.2 Å². The maximum absolute atomic E-state index is 12.2. The molecular weight excluding hydrogens is 294 g/mol. The Morgan fingerprint density at radius 2 is 2.17 bits per heavy atom. The largest absolute Gasteiger partial charge is 0.491 e. The number of nitrogens with one attached hydrogen (secondary N) is 1. The lowest BCUT2D eigenvalue weighted by atomic mass is 10.2. The van der Waals surface area contributed by atoms with Crippen LogP contribution < -0.4 is 10.1 Å². The molecule has 124 valence electrons. The van der Waals surface area contributed by atoms with Gasteiger partial charge in [-0.15, -0.1) is 10.2 Å². The Kier molecular flexibility index (Phi) is 5.56. The van der Waals surface area contributed by atoms with E-state index in [1.54, 1.807) is 22.8 Å². The van der Waals surface area contributed by atoms with Crippen molar-refractivity contribution in [1.29, 1.82) is 0 Å². The summed E-state index contributed by atoms with van der Waals surface area (Å²) in [5.74, 6) is 1.55. The summed E-state index contributed by atoms with van der Waals surface area (Å²) in [6.07, 6.45) is 1.61. The van der Waals surface area contributed by atoms with E-state index < -0.39 is 0 Å². The number of nitrogens with zero attached hydrogens (tertiary/aromatic N) is 4. The lowest BCUT2D eigenvalue weighted by molar-refractivity contribution is 0.191.